The number of anilines is 1. The number of fused-ring (bicyclic) bond motifs is 1. The summed E-state index contributed by atoms with van der Waals surface area (Å²) in [7, 11) is 0. The van der Waals surface area contributed by atoms with Crippen LogP contribution in [0.25, 0.3) is 0 Å². The summed E-state index contributed by atoms with van der Waals surface area (Å²) in [5, 5.41) is 5.51. The second-order valence-electron chi connectivity index (χ2n) is 6.67. The molecule has 0 aromatic heterocycles. The maximum Gasteiger partial charge on any atom is 0.319 e. The van der Waals surface area contributed by atoms with Crippen LogP contribution in [-0.2, 0) is 4.74 Å². The summed E-state index contributed by atoms with van der Waals surface area (Å²) in [6, 6.07) is 4.23. The van der Waals surface area contributed by atoms with Gasteiger partial charge in [-0.25, -0.2) is 4.79 Å². The lowest BCUT2D eigenvalue weighted by Crippen LogP contribution is -2.42. The van der Waals surface area contributed by atoms with Gasteiger partial charge in [0.25, 0.3) is 11.8 Å². The van der Waals surface area contributed by atoms with Gasteiger partial charge in [-0.05, 0) is 32.0 Å². The molecule has 2 N–H and O–H groups in total. The molecule has 1 aromatic carbocycles. The number of hydrogen-bond donors (Lipinski definition) is 2. The number of imide groups is 1. The largest absolute Gasteiger partial charge is 0.379 e. The van der Waals surface area contributed by atoms with Crippen molar-refractivity contribution in [2.45, 2.75) is 19.9 Å². The van der Waals surface area contributed by atoms with Gasteiger partial charge in [0.1, 0.15) is 0 Å². The Balaban J connectivity index is 1.55. The molecule has 8 heteroatoms. The van der Waals surface area contributed by atoms with Gasteiger partial charge in [0.15, 0.2) is 0 Å². The topological polar surface area (TPSA) is 91.0 Å². The van der Waals surface area contributed by atoms with Gasteiger partial charge in [0, 0.05) is 37.9 Å². The van der Waals surface area contributed by atoms with E-state index in [0.717, 1.165) is 32.8 Å². The first-order chi connectivity index (χ1) is 12.5. The van der Waals surface area contributed by atoms with Gasteiger partial charge in [0.05, 0.1) is 24.3 Å². The highest BCUT2D eigenvalue weighted by molar-refractivity contribution is 6.22. The van der Waals surface area contributed by atoms with E-state index in [0.29, 0.717) is 23.4 Å². The van der Waals surface area contributed by atoms with Crippen LogP contribution < -0.4 is 10.6 Å². The van der Waals surface area contributed by atoms with Crippen LogP contribution in [0, 0.1) is 0 Å². The molecule has 1 aromatic rings. The Hall–Kier alpha value is -2.45. The van der Waals surface area contributed by atoms with Crippen LogP contribution in [0.4, 0.5) is 10.5 Å². The average molecular weight is 360 g/mol. The number of hydrogen-bond acceptors (Lipinski definition) is 5. The molecule has 0 atom stereocenters. The predicted octanol–water partition coefficient (Wildman–Crippen LogP) is 1.14. The van der Waals surface area contributed by atoms with Gasteiger partial charge in [-0.2, -0.15) is 0 Å². The average Bonchev–Trinajstić information content (AvgIpc) is 2.86. The number of morpholine rings is 1. The van der Waals surface area contributed by atoms with Crippen molar-refractivity contribution in [3.05, 3.63) is 29.3 Å². The summed E-state index contributed by atoms with van der Waals surface area (Å²) in [6.07, 6.45) is 0. The standard InChI is InChI=1S/C18H24N4O4/c1-12(2)22-16(23)14-4-3-13(11-15(14)17(22)24)20-18(25)19-5-6-21-7-9-26-10-8-21/h3-4,11-12H,5-10H2,1-2H3,(H2,19,20,25). The third kappa shape index (κ3) is 3.86. The van der Waals surface area contributed by atoms with E-state index >= 15 is 0 Å². The fourth-order valence-corrected chi connectivity index (χ4v) is 3.13. The molecule has 0 radical (unpaired) electrons. The first kappa shape index (κ1) is 18.3. The number of urea groups is 1. The van der Waals surface area contributed by atoms with Crippen molar-refractivity contribution in [3.8, 4) is 0 Å². The molecule has 0 aliphatic carbocycles. The second kappa shape index (κ2) is 7.84. The summed E-state index contributed by atoms with van der Waals surface area (Å²) in [5.74, 6) is -0.613. The summed E-state index contributed by atoms with van der Waals surface area (Å²) >= 11 is 0. The van der Waals surface area contributed by atoms with Gasteiger partial charge in [-0.15, -0.1) is 0 Å². The molecule has 2 aliphatic heterocycles. The molecule has 2 aliphatic rings. The van der Waals surface area contributed by atoms with Gasteiger partial charge in [-0.3, -0.25) is 19.4 Å². The number of nitrogens with zero attached hydrogens (tertiary/aromatic N) is 2. The van der Waals surface area contributed by atoms with E-state index in [1.807, 2.05) is 0 Å². The molecule has 0 unspecified atom stereocenters. The number of carbonyl (C=O) groups is 3. The molecule has 8 nitrogen and oxygen atoms in total. The normalized spacial score (nSPS) is 17.6. The van der Waals surface area contributed by atoms with Crippen molar-refractivity contribution in [2.75, 3.05) is 44.7 Å². The quantitative estimate of drug-likeness (QED) is 0.769. The van der Waals surface area contributed by atoms with Crippen molar-refractivity contribution in [2.24, 2.45) is 0 Å². The molecule has 2 heterocycles. The minimum absolute atomic E-state index is 0.206. The van der Waals surface area contributed by atoms with Crippen LogP contribution in [0.15, 0.2) is 18.2 Å². The molecule has 0 bridgehead atoms. The maximum atomic E-state index is 12.4. The Morgan fingerprint density at radius 1 is 1.15 bits per heavy atom. The van der Waals surface area contributed by atoms with Crippen molar-refractivity contribution in [1.82, 2.24) is 15.1 Å². The van der Waals surface area contributed by atoms with Gasteiger partial charge < -0.3 is 15.4 Å². The van der Waals surface area contributed by atoms with Crippen LogP contribution in [0.3, 0.4) is 0 Å². The Bertz CT molecular complexity index is 713. The van der Waals surface area contributed by atoms with Crippen molar-refractivity contribution < 1.29 is 19.1 Å². The third-order valence-corrected chi connectivity index (χ3v) is 4.51. The van der Waals surface area contributed by atoms with Crippen LogP contribution in [0.2, 0.25) is 0 Å². The number of carbonyl (C=O) groups excluding carboxylic acids is 3. The highest BCUT2D eigenvalue weighted by atomic mass is 16.5. The number of rotatable bonds is 5. The van der Waals surface area contributed by atoms with E-state index in [2.05, 4.69) is 15.5 Å². The number of amides is 4. The third-order valence-electron chi connectivity index (χ3n) is 4.51. The monoisotopic (exact) mass is 360 g/mol. The summed E-state index contributed by atoms with van der Waals surface area (Å²) < 4.78 is 5.28. The Kier molecular flexibility index (Phi) is 5.53. The first-order valence-corrected chi connectivity index (χ1v) is 8.84. The van der Waals surface area contributed by atoms with Crippen molar-refractivity contribution >= 4 is 23.5 Å². The lowest BCUT2D eigenvalue weighted by atomic mass is 10.1. The van der Waals surface area contributed by atoms with Crippen LogP contribution in [-0.4, -0.2) is 73.1 Å². The summed E-state index contributed by atoms with van der Waals surface area (Å²) in [5.41, 5.74) is 1.19. The molecule has 140 valence electrons. The van der Waals surface area contributed by atoms with E-state index in [1.165, 1.54) is 4.90 Å². The van der Waals surface area contributed by atoms with Crippen LogP contribution in [0.1, 0.15) is 34.6 Å². The smallest absolute Gasteiger partial charge is 0.319 e. The van der Waals surface area contributed by atoms with Crippen LogP contribution >= 0.6 is 0 Å². The van der Waals surface area contributed by atoms with Crippen LogP contribution in [0.5, 0.6) is 0 Å². The van der Waals surface area contributed by atoms with E-state index in [-0.39, 0.29) is 23.9 Å². The SMILES string of the molecule is CC(C)N1C(=O)c2ccc(NC(=O)NCCN3CCOCC3)cc2C1=O. The molecule has 4 amide bonds. The molecule has 1 saturated heterocycles. The van der Waals surface area contributed by atoms with Crippen molar-refractivity contribution in [1.29, 1.82) is 0 Å². The molecule has 0 saturated carbocycles. The number of benzene rings is 1. The second-order valence-corrected chi connectivity index (χ2v) is 6.67. The zero-order valence-electron chi connectivity index (χ0n) is 15.1. The van der Waals surface area contributed by atoms with E-state index in [4.69, 9.17) is 4.74 Å². The minimum atomic E-state index is -0.337. The highest BCUT2D eigenvalue weighted by Crippen LogP contribution is 2.27. The first-order valence-electron chi connectivity index (χ1n) is 8.84. The Labute approximate surface area is 152 Å². The fourth-order valence-electron chi connectivity index (χ4n) is 3.13. The predicted molar refractivity (Wildman–Crippen MR) is 96.4 cm³/mol. The number of ether oxygens (including phenoxy) is 1. The Morgan fingerprint density at radius 3 is 2.54 bits per heavy atom. The van der Waals surface area contributed by atoms with E-state index in [1.54, 1.807) is 32.0 Å². The van der Waals surface area contributed by atoms with E-state index < -0.39 is 0 Å². The van der Waals surface area contributed by atoms with Crippen molar-refractivity contribution in [3.63, 3.8) is 0 Å². The molecular formula is C18H24N4O4. The molecule has 3 rings (SSSR count). The van der Waals surface area contributed by atoms with Gasteiger partial charge in [0.2, 0.25) is 0 Å². The molecule has 0 spiro atoms. The molecular weight excluding hydrogens is 336 g/mol. The lowest BCUT2D eigenvalue weighted by Gasteiger charge is -2.26. The summed E-state index contributed by atoms with van der Waals surface area (Å²) in [6.45, 7) is 8.06. The Morgan fingerprint density at radius 2 is 1.85 bits per heavy atom. The fraction of sp³-hybridized carbons (Fsp3) is 0.500. The van der Waals surface area contributed by atoms with Gasteiger partial charge >= 0.3 is 6.03 Å². The minimum Gasteiger partial charge on any atom is -0.379 e. The zero-order chi connectivity index (χ0) is 18.7. The molecule has 26 heavy (non-hydrogen) atoms. The molecule has 1 fully saturated rings. The lowest BCUT2D eigenvalue weighted by molar-refractivity contribution is 0.0388. The summed E-state index contributed by atoms with van der Waals surface area (Å²) in [4.78, 5) is 40.2. The highest BCUT2D eigenvalue weighted by Gasteiger charge is 2.37. The number of nitrogens with one attached hydrogen (secondary N) is 2. The zero-order valence-corrected chi connectivity index (χ0v) is 15.1. The van der Waals surface area contributed by atoms with Gasteiger partial charge in [-0.1, -0.05) is 0 Å². The van der Waals surface area contributed by atoms with E-state index in [9.17, 15) is 14.4 Å². The maximum absolute atomic E-state index is 12.4.